The first kappa shape index (κ1) is 19.6. The number of benzene rings is 1. The Bertz CT molecular complexity index is 910. The van der Waals surface area contributed by atoms with Gasteiger partial charge in [0.1, 0.15) is 12.1 Å². The molecule has 1 amide bonds. The zero-order valence-electron chi connectivity index (χ0n) is 15.3. The molecule has 0 atom stereocenters. The molecule has 1 aromatic heterocycles. The molecule has 2 heterocycles. The third-order valence-corrected chi connectivity index (χ3v) is 4.47. The lowest BCUT2D eigenvalue weighted by Gasteiger charge is -2.29. The third-order valence-electron chi connectivity index (χ3n) is 4.01. The fourth-order valence-corrected chi connectivity index (χ4v) is 3.23. The second-order valence-electron chi connectivity index (χ2n) is 7.27. The quantitative estimate of drug-likeness (QED) is 0.571. The van der Waals surface area contributed by atoms with Crippen molar-refractivity contribution in [3.05, 3.63) is 45.8 Å². The summed E-state index contributed by atoms with van der Waals surface area (Å²) in [6, 6.07) is 5.45. The molecule has 3 rings (SSSR count). The Morgan fingerprint density at radius 3 is 2.74 bits per heavy atom. The molecular formula is C19H19Cl2N3O3. The number of carbonyl (C=O) groups excluding carboxylic acids is 2. The fraction of sp³-hybridized carbons (Fsp3) is 0.368. The van der Waals surface area contributed by atoms with Gasteiger partial charge in [-0.1, -0.05) is 23.7 Å². The average molecular weight is 408 g/mol. The van der Waals surface area contributed by atoms with Crippen LogP contribution in [-0.2, 0) is 16.0 Å². The van der Waals surface area contributed by atoms with E-state index in [1.165, 1.54) is 11.1 Å². The molecule has 8 heteroatoms. The number of ether oxygens (including phenoxy) is 1. The number of nitrogens with zero attached hydrogens (tertiary/aromatic N) is 3. The van der Waals surface area contributed by atoms with Gasteiger partial charge >= 0.3 is 5.97 Å². The Hall–Kier alpha value is -2.18. The van der Waals surface area contributed by atoms with Crippen molar-refractivity contribution in [3.8, 4) is 11.3 Å². The SMILES string of the molecule is CC(C)(C)OC(=O)CN1CCc2ccc(-c3nc(Cl)ncc3Cl)cc2C1=O. The summed E-state index contributed by atoms with van der Waals surface area (Å²) in [5.41, 5.74) is 1.96. The molecule has 2 aromatic rings. The molecule has 0 bridgehead atoms. The van der Waals surface area contributed by atoms with Crippen LogP contribution in [0.2, 0.25) is 10.3 Å². The number of halogens is 2. The van der Waals surface area contributed by atoms with Gasteiger partial charge in [0.05, 0.1) is 16.9 Å². The molecule has 0 aliphatic carbocycles. The Labute approximate surface area is 167 Å². The van der Waals surface area contributed by atoms with Crippen LogP contribution in [0.15, 0.2) is 24.4 Å². The van der Waals surface area contributed by atoms with Crippen LogP contribution >= 0.6 is 23.2 Å². The van der Waals surface area contributed by atoms with Gasteiger partial charge in [-0.2, -0.15) is 0 Å². The highest BCUT2D eigenvalue weighted by molar-refractivity contribution is 6.33. The number of hydrogen-bond acceptors (Lipinski definition) is 5. The molecule has 1 aromatic carbocycles. The third kappa shape index (κ3) is 4.57. The molecular weight excluding hydrogens is 389 g/mol. The van der Waals surface area contributed by atoms with Crippen molar-refractivity contribution in [2.24, 2.45) is 0 Å². The first-order valence-corrected chi connectivity index (χ1v) is 9.22. The maximum atomic E-state index is 12.9. The van der Waals surface area contributed by atoms with Crippen LogP contribution in [0, 0.1) is 0 Å². The van der Waals surface area contributed by atoms with Gasteiger partial charge in [0.25, 0.3) is 5.91 Å². The van der Waals surface area contributed by atoms with Crippen molar-refractivity contribution in [1.29, 1.82) is 0 Å². The van der Waals surface area contributed by atoms with Crippen molar-refractivity contribution in [1.82, 2.24) is 14.9 Å². The van der Waals surface area contributed by atoms with Crippen LogP contribution < -0.4 is 0 Å². The highest BCUT2D eigenvalue weighted by Gasteiger charge is 2.28. The summed E-state index contributed by atoms with van der Waals surface area (Å²) in [5.74, 6) is -0.652. The molecule has 27 heavy (non-hydrogen) atoms. The predicted octanol–water partition coefficient (Wildman–Crippen LogP) is 3.79. The molecule has 142 valence electrons. The number of hydrogen-bond donors (Lipinski definition) is 0. The van der Waals surface area contributed by atoms with Crippen LogP contribution in [0.3, 0.4) is 0 Å². The van der Waals surface area contributed by atoms with E-state index in [-0.39, 0.29) is 17.7 Å². The average Bonchev–Trinajstić information content (AvgIpc) is 2.58. The van der Waals surface area contributed by atoms with Crippen molar-refractivity contribution in [3.63, 3.8) is 0 Å². The van der Waals surface area contributed by atoms with Gasteiger partial charge in [-0.15, -0.1) is 0 Å². The van der Waals surface area contributed by atoms with Crippen molar-refractivity contribution in [2.75, 3.05) is 13.1 Å². The van der Waals surface area contributed by atoms with Gasteiger partial charge in [-0.3, -0.25) is 9.59 Å². The van der Waals surface area contributed by atoms with E-state index in [0.29, 0.717) is 34.8 Å². The normalized spacial score (nSPS) is 14.1. The molecule has 0 saturated carbocycles. The highest BCUT2D eigenvalue weighted by Crippen LogP contribution is 2.30. The summed E-state index contributed by atoms with van der Waals surface area (Å²) in [7, 11) is 0. The van der Waals surface area contributed by atoms with E-state index in [1.54, 1.807) is 26.8 Å². The zero-order chi connectivity index (χ0) is 19.8. The van der Waals surface area contributed by atoms with E-state index in [4.69, 9.17) is 27.9 Å². The lowest BCUT2D eigenvalue weighted by atomic mass is 9.95. The summed E-state index contributed by atoms with van der Waals surface area (Å²) < 4.78 is 5.32. The lowest BCUT2D eigenvalue weighted by Crippen LogP contribution is -2.42. The maximum absolute atomic E-state index is 12.9. The molecule has 1 aliphatic heterocycles. The van der Waals surface area contributed by atoms with E-state index >= 15 is 0 Å². The zero-order valence-corrected chi connectivity index (χ0v) is 16.8. The molecule has 0 fully saturated rings. The van der Waals surface area contributed by atoms with E-state index in [0.717, 1.165) is 5.56 Å². The summed E-state index contributed by atoms with van der Waals surface area (Å²) in [6.07, 6.45) is 2.07. The topological polar surface area (TPSA) is 72.4 Å². The highest BCUT2D eigenvalue weighted by atomic mass is 35.5. The van der Waals surface area contributed by atoms with Crippen LogP contribution in [0.1, 0.15) is 36.7 Å². The number of esters is 1. The van der Waals surface area contributed by atoms with Crippen molar-refractivity contribution in [2.45, 2.75) is 32.8 Å². The van der Waals surface area contributed by atoms with Crippen molar-refractivity contribution >= 4 is 35.1 Å². The maximum Gasteiger partial charge on any atom is 0.326 e. The van der Waals surface area contributed by atoms with Crippen LogP contribution in [0.5, 0.6) is 0 Å². The van der Waals surface area contributed by atoms with Crippen molar-refractivity contribution < 1.29 is 14.3 Å². The predicted molar refractivity (Wildman–Crippen MR) is 103 cm³/mol. The first-order valence-electron chi connectivity index (χ1n) is 8.46. The van der Waals surface area contributed by atoms with Crippen LogP contribution in [0.25, 0.3) is 11.3 Å². The fourth-order valence-electron chi connectivity index (χ4n) is 2.90. The van der Waals surface area contributed by atoms with Gasteiger partial charge in [0.15, 0.2) is 0 Å². The largest absolute Gasteiger partial charge is 0.459 e. The molecule has 0 radical (unpaired) electrons. The second kappa shape index (κ2) is 7.44. The number of fused-ring (bicyclic) bond motifs is 1. The van der Waals surface area contributed by atoms with Gasteiger partial charge in [0.2, 0.25) is 5.28 Å². The van der Waals surface area contributed by atoms with E-state index in [2.05, 4.69) is 9.97 Å². The summed E-state index contributed by atoms with van der Waals surface area (Å²) in [5, 5.41) is 0.415. The minimum Gasteiger partial charge on any atom is -0.459 e. The summed E-state index contributed by atoms with van der Waals surface area (Å²) >= 11 is 12.0. The van der Waals surface area contributed by atoms with E-state index in [9.17, 15) is 9.59 Å². The summed E-state index contributed by atoms with van der Waals surface area (Å²) in [6.45, 7) is 5.76. The molecule has 0 saturated heterocycles. The lowest BCUT2D eigenvalue weighted by molar-refractivity contribution is -0.155. The van der Waals surface area contributed by atoms with E-state index in [1.807, 2.05) is 12.1 Å². The smallest absolute Gasteiger partial charge is 0.326 e. The van der Waals surface area contributed by atoms with Gasteiger partial charge in [-0.05, 0) is 50.4 Å². The van der Waals surface area contributed by atoms with Gasteiger partial charge < -0.3 is 9.64 Å². The molecule has 6 nitrogen and oxygen atoms in total. The first-order chi connectivity index (χ1) is 12.6. The number of aromatic nitrogens is 2. The molecule has 0 unspecified atom stereocenters. The molecule has 0 N–H and O–H groups in total. The second-order valence-corrected chi connectivity index (χ2v) is 8.02. The number of carbonyl (C=O) groups is 2. The Morgan fingerprint density at radius 2 is 2.04 bits per heavy atom. The van der Waals surface area contributed by atoms with E-state index < -0.39 is 11.6 Å². The minimum atomic E-state index is -0.593. The Morgan fingerprint density at radius 1 is 1.30 bits per heavy atom. The Balaban J connectivity index is 1.86. The van der Waals surface area contributed by atoms with Gasteiger partial charge in [-0.25, -0.2) is 9.97 Å². The molecule has 0 spiro atoms. The van der Waals surface area contributed by atoms with Gasteiger partial charge in [0, 0.05) is 17.7 Å². The molecule has 1 aliphatic rings. The Kier molecular flexibility index (Phi) is 5.40. The standard InChI is InChI=1S/C19H19Cl2N3O3/c1-19(2,3)27-15(25)10-24-7-6-11-4-5-12(8-13(11)17(24)26)16-14(20)9-22-18(21)23-16/h4-5,8-9H,6-7,10H2,1-3H3. The minimum absolute atomic E-state index is 0.0741. The number of amides is 1. The summed E-state index contributed by atoms with van der Waals surface area (Å²) in [4.78, 5) is 34.4. The number of rotatable bonds is 3. The monoisotopic (exact) mass is 407 g/mol. The van der Waals surface area contributed by atoms with Crippen LogP contribution in [-0.4, -0.2) is 45.4 Å². The van der Waals surface area contributed by atoms with Crippen LogP contribution in [0.4, 0.5) is 0 Å².